The lowest BCUT2D eigenvalue weighted by Gasteiger charge is -2.18. The number of rotatable bonds is 12. The van der Waals surface area contributed by atoms with E-state index in [1.165, 1.54) is 33.3 Å². The van der Waals surface area contributed by atoms with Crippen molar-refractivity contribution in [1.82, 2.24) is 10.6 Å². The van der Waals surface area contributed by atoms with Crippen LogP contribution in [-0.4, -0.2) is 44.7 Å². The predicted molar refractivity (Wildman–Crippen MR) is 151 cm³/mol. The first-order chi connectivity index (χ1) is 19.8. The highest BCUT2D eigenvalue weighted by Crippen LogP contribution is 2.32. The van der Waals surface area contributed by atoms with Crippen molar-refractivity contribution >= 4 is 28.6 Å². The number of ether oxygens (including phenoxy) is 3. The number of carbonyl (C=O) groups is 3. The van der Waals surface area contributed by atoms with Crippen LogP contribution in [-0.2, 0) is 27.3 Å². The van der Waals surface area contributed by atoms with Crippen LogP contribution in [0.5, 0.6) is 11.5 Å². The van der Waals surface area contributed by atoms with Gasteiger partial charge in [0.2, 0.25) is 5.78 Å². The molecular weight excluding hydrogens is 528 g/mol. The van der Waals surface area contributed by atoms with Gasteiger partial charge in [0.05, 0.1) is 12.5 Å². The second-order valence-electron chi connectivity index (χ2n) is 9.18. The van der Waals surface area contributed by atoms with E-state index in [1.807, 2.05) is 36.4 Å². The smallest absolute Gasteiger partial charge is 0.289 e. The minimum atomic E-state index is -1.22. The summed E-state index contributed by atoms with van der Waals surface area (Å²) in [7, 11) is 2.88. The molecule has 0 saturated heterocycles. The summed E-state index contributed by atoms with van der Waals surface area (Å²) in [5.41, 5.74) is 1.19. The van der Waals surface area contributed by atoms with E-state index in [0.717, 1.165) is 11.1 Å². The van der Waals surface area contributed by atoms with Crippen molar-refractivity contribution < 1.29 is 33.0 Å². The Hall–Kier alpha value is -4.96. The van der Waals surface area contributed by atoms with Crippen LogP contribution in [0.3, 0.4) is 0 Å². The standard InChI is InChI=1S/C31H30N2O8/c1-19-27(34)22-15-26(40-18-38-2)25(39-3)16-24(22)41-29(19)31(37)33-23(14-20-10-6-4-7-11-20)28(35)30(36)32-17-21-12-8-5-9-13-21/h4-13,15-16,23H,14,17-18H2,1-3H3,(H,32,36)(H,33,37)/t23-/m0/s1. The van der Waals surface area contributed by atoms with Gasteiger partial charge in [-0.3, -0.25) is 19.2 Å². The summed E-state index contributed by atoms with van der Waals surface area (Å²) in [6.45, 7) is 1.52. The third kappa shape index (κ3) is 6.98. The van der Waals surface area contributed by atoms with Gasteiger partial charge in [0.25, 0.3) is 11.8 Å². The van der Waals surface area contributed by atoms with Gasteiger partial charge >= 0.3 is 0 Å². The van der Waals surface area contributed by atoms with Gasteiger partial charge < -0.3 is 29.3 Å². The molecule has 0 aliphatic heterocycles. The van der Waals surface area contributed by atoms with Crippen LogP contribution >= 0.6 is 0 Å². The molecule has 0 saturated carbocycles. The van der Waals surface area contributed by atoms with E-state index in [1.54, 1.807) is 24.3 Å². The first-order valence-electron chi connectivity index (χ1n) is 12.8. The summed E-state index contributed by atoms with van der Waals surface area (Å²) in [6, 6.07) is 19.8. The number of amides is 2. The van der Waals surface area contributed by atoms with Gasteiger partial charge in [-0.15, -0.1) is 0 Å². The molecule has 0 aliphatic rings. The number of hydrogen-bond acceptors (Lipinski definition) is 8. The number of hydrogen-bond donors (Lipinski definition) is 2. The third-order valence-corrected chi connectivity index (χ3v) is 6.37. The summed E-state index contributed by atoms with van der Waals surface area (Å²) in [5.74, 6) is -2.25. The van der Waals surface area contributed by atoms with E-state index in [-0.39, 0.29) is 53.6 Å². The summed E-state index contributed by atoms with van der Waals surface area (Å²) in [4.78, 5) is 52.7. The van der Waals surface area contributed by atoms with E-state index in [0.29, 0.717) is 0 Å². The maximum Gasteiger partial charge on any atom is 0.289 e. The molecule has 0 aliphatic carbocycles. The molecular formula is C31H30N2O8. The van der Waals surface area contributed by atoms with Crippen LogP contribution in [0.15, 0.2) is 82.0 Å². The number of benzene rings is 3. The van der Waals surface area contributed by atoms with Crippen molar-refractivity contribution in [3.05, 3.63) is 105 Å². The topological polar surface area (TPSA) is 133 Å². The zero-order valence-corrected chi connectivity index (χ0v) is 22.9. The highest BCUT2D eigenvalue weighted by Gasteiger charge is 2.29. The third-order valence-electron chi connectivity index (χ3n) is 6.37. The van der Waals surface area contributed by atoms with Crippen LogP contribution < -0.4 is 25.5 Å². The molecule has 4 rings (SSSR count). The van der Waals surface area contributed by atoms with Gasteiger partial charge in [-0.05, 0) is 24.1 Å². The van der Waals surface area contributed by atoms with E-state index in [4.69, 9.17) is 18.6 Å². The molecule has 1 atom stereocenters. The fourth-order valence-corrected chi connectivity index (χ4v) is 4.21. The maximum atomic E-state index is 13.4. The fraction of sp³-hybridized carbons (Fsp3) is 0.226. The lowest BCUT2D eigenvalue weighted by atomic mass is 10.0. The Morgan fingerprint density at radius 3 is 2.20 bits per heavy atom. The summed E-state index contributed by atoms with van der Waals surface area (Å²) in [6.07, 6.45) is 0.0506. The lowest BCUT2D eigenvalue weighted by Crippen LogP contribution is -2.48. The van der Waals surface area contributed by atoms with E-state index in [2.05, 4.69) is 10.6 Å². The number of carbonyl (C=O) groups excluding carboxylic acids is 3. The summed E-state index contributed by atoms with van der Waals surface area (Å²) >= 11 is 0. The highest BCUT2D eigenvalue weighted by atomic mass is 16.7. The van der Waals surface area contributed by atoms with Crippen molar-refractivity contribution in [2.75, 3.05) is 21.0 Å². The summed E-state index contributed by atoms with van der Waals surface area (Å²) < 4.78 is 21.6. The van der Waals surface area contributed by atoms with Gasteiger partial charge in [0.1, 0.15) is 11.6 Å². The quantitative estimate of drug-likeness (QED) is 0.200. The van der Waals surface area contributed by atoms with E-state index in [9.17, 15) is 19.2 Å². The maximum absolute atomic E-state index is 13.4. The van der Waals surface area contributed by atoms with Gasteiger partial charge in [0.15, 0.2) is 29.5 Å². The monoisotopic (exact) mass is 558 g/mol. The second kappa shape index (κ2) is 13.4. The number of ketones is 1. The van der Waals surface area contributed by atoms with Crippen LogP contribution in [0, 0.1) is 6.92 Å². The Morgan fingerprint density at radius 1 is 0.902 bits per heavy atom. The zero-order chi connectivity index (χ0) is 29.4. The van der Waals surface area contributed by atoms with E-state index < -0.39 is 29.1 Å². The Kier molecular flexibility index (Phi) is 9.49. The normalized spacial score (nSPS) is 11.5. The largest absolute Gasteiger partial charge is 0.493 e. The zero-order valence-electron chi connectivity index (χ0n) is 22.9. The number of fused-ring (bicyclic) bond motifs is 1. The molecule has 0 bridgehead atoms. The van der Waals surface area contributed by atoms with E-state index >= 15 is 0 Å². The average molecular weight is 559 g/mol. The number of methoxy groups -OCH3 is 2. The SMILES string of the molecule is COCOc1cc2c(=O)c(C)c(C(=O)N[C@@H](Cc3ccccc3)C(=O)C(=O)NCc3ccccc3)oc2cc1OC. The van der Waals surface area contributed by atoms with Crippen molar-refractivity contribution in [2.45, 2.75) is 25.9 Å². The Bertz CT molecular complexity index is 1600. The summed E-state index contributed by atoms with van der Waals surface area (Å²) in [5, 5.41) is 5.38. The number of nitrogens with one attached hydrogen (secondary N) is 2. The molecule has 2 amide bonds. The van der Waals surface area contributed by atoms with Crippen LogP contribution in [0.25, 0.3) is 11.0 Å². The Labute approximate surface area is 236 Å². The molecule has 0 unspecified atom stereocenters. The van der Waals surface area contributed by atoms with Crippen molar-refractivity contribution in [3.63, 3.8) is 0 Å². The number of Topliss-reactive ketones (excluding diaryl/α,β-unsaturated/α-hetero) is 1. The van der Waals surface area contributed by atoms with Gasteiger partial charge in [-0.1, -0.05) is 60.7 Å². The Morgan fingerprint density at radius 2 is 1.56 bits per heavy atom. The minimum Gasteiger partial charge on any atom is -0.493 e. The first kappa shape index (κ1) is 29.0. The molecule has 0 fully saturated rings. The molecule has 10 nitrogen and oxygen atoms in total. The lowest BCUT2D eigenvalue weighted by molar-refractivity contribution is -0.139. The van der Waals surface area contributed by atoms with Crippen molar-refractivity contribution in [1.29, 1.82) is 0 Å². The van der Waals surface area contributed by atoms with Gasteiger partial charge in [-0.25, -0.2) is 0 Å². The molecule has 2 N–H and O–H groups in total. The van der Waals surface area contributed by atoms with Crippen molar-refractivity contribution in [3.8, 4) is 11.5 Å². The fourth-order valence-electron chi connectivity index (χ4n) is 4.21. The molecule has 0 radical (unpaired) electrons. The molecule has 212 valence electrons. The predicted octanol–water partition coefficient (Wildman–Crippen LogP) is 3.32. The molecule has 3 aromatic carbocycles. The van der Waals surface area contributed by atoms with Gasteiger partial charge in [0, 0.05) is 31.7 Å². The average Bonchev–Trinajstić information content (AvgIpc) is 3.00. The molecule has 41 heavy (non-hydrogen) atoms. The van der Waals surface area contributed by atoms with Gasteiger partial charge in [-0.2, -0.15) is 0 Å². The first-order valence-corrected chi connectivity index (χ1v) is 12.8. The highest BCUT2D eigenvalue weighted by molar-refractivity contribution is 6.38. The van der Waals surface area contributed by atoms with Crippen LogP contribution in [0.4, 0.5) is 0 Å². The molecule has 10 heteroatoms. The molecule has 1 heterocycles. The van der Waals surface area contributed by atoms with Crippen LogP contribution in [0.2, 0.25) is 0 Å². The molecule has 4 aromatic rings. The second-order valence-corrected chi connectivity index (χ2v) is 9.18. The molecule has 0 spiro atoms. The molecule has 1 aromatic heterocycles. The minimum absolute atomic E-state index is 0.0253. The van der Waals surface area contributed by atoms with Crippen molar-refractivity contribution in [2.24, 2.45) is 0 Å². The van der Waals surface area contributed by atoms with Crippen LogP contribution in [0.1, 0.15) is 27.2 Å². The Balaban J connectivity index is 1.62.